The van der Waals surface area contributed by atoms with Gasteiger partial charge in [-0.15, -0.1) is 34.0 Å². The SMILES string of the molecule is Cc1ccc(CNC(c2cccs2)c2ccc(Cl)s2)s1. The molecule has 0 bridgehead atoms. The molecular weight excluding hydrogens is 326 g/mol. The summed E-state index contributed by atoms with van der Waals surface area (Å²) < 4.78 is 0.843. The summed E-state index contributed by atoms with van der Waals surface area (Å²) >= 11 is 11.4. The van der Waals surface area contributed by atoms with Gasteiger partial charge in [-0.3, -0.25) is 5.32 Å². The van der Waals surface area contributed by atoms with Crippen molar-refractivity contribution in [1.82, 2.24) is 5.32 Å². The Labute approximate surface area is 135 Å². The number of rotatable bonds is 5. The number of hydrogen-bond acceptors (Lipinski definition) is 4. The molecule has 0 spiro atoms. The molecule has 1 N–H and O–H groups in total. The lowest BCUT2D eigenvalue weighted by Gasteiger charge is -2.15. The highest BCUT2D eigenvalue weighted by atomic mass is 35.5. The van der Waals surface area contributed by atoms with Gasteiger partial charge in [0, 0.05) is 26.1 Å². The van der Waals surface area contributed by atoms with Crippen LogP contribution in [-0.2, 0) is 6.54 Å². The summed E-state index contributed by atoms with van der Waals surface area (Å²) in [4.78, 5) is 5.32. The van der Waals surface area contributed by atoms with Crippen LogP contribution in [0.5, 0.6) is 0 Å². The van der Waals surface area contributed by atoms with Crippen molar-refractivity contribution >= 4 is 45.6 Å². The molecule has 0 radical (unpaired) electrons. The molecular formula is C15H14ClNS3. The average molecular weight is 340 g/mol. The van der Waals surface area contributed by atoms with Crippen LogP contribution in [0.2, 0.25) is 4.34 Å². The van der Waals surface area contributed by atoms with Gasteiger partial charge in [0.1, 0.15) is 0 Å². The van der Waals surface area contributed by atoms with Crippen molar-refractivity contribution in [2.45, 2.75) is 19.5 Å². The van der Waals surface area contributed by atoms with E-state index in [1.165, 1.54) is 19.5 Å². The number of nitrogens with one attached hydrogen (secondary N) is 1. The molecule has 3 aromatic rings. The van der Waals surface area contributed by atoms with Crippen molar-refractivity contribution in [2.75, 3.05) is 0 Å². The molecule has 0 aliphatic carbocycles. The Morgan fingerprint density at radius 3 is 2.60 bits per heavy atom. The van der Waals surface area contributed by atoms with E-state index in [1.807, 2.05) is 17.4 Å². The third kappa shape index (κ3) is 3.32. The molecule has 1 unspecified atom stereocenters. The second kappa shape index (κ2) is 6.41. The largest absolute Gasteiger partial charge is 0.300 e. The van der Waals surface area contributed by atoms with Gasteiger partial charge in [0.2, 0.25) is 0 Å². The first-order valence-corrected chi connectivity index (χ1v) is 9.19. The van der Waals surface area contributed by atoms with Gasteiger partial charge in [0.15, 0.2) is 0 Å². The summed E-state index contributed by atoms with van der Waals surface area (Å²) in [5.41, 5.74) is 0. The van der Waals surface area contributed by atoms with E-state index in [-0.39, 0.29) is 6.04 Å². The van der Waals surface area contributed by atoms with Crippen LogP contribution in [0.25, 0.3) is 0 Å². The smallest absolute Gasteiger partial charge is 0.0931 e. The molecule has 20 heavy (non-hydrogen) atoms. The molecule has 0 fully saturated rings. The Hall–Kier alpha value is -0.650. The van der Waals surface area contributed by atoms with E-state index in [1.54, 1.807) is 22.7 Å². The van der Waals surface area contributed by atoms with E-state index in [4.69, 9.17) is 11.6 Å². The highest BCUT2D eigenvalue weighted by Crippen LogP contribution is 2.33. The second-order valence-electron chi connectivity index (χ2n) is 4.48. The first-order chi connectivity index (χ1) is 9.72. The predicted octanol–water partition coefficient (Wildman–Crippen LogP) is 5.71. The molecule has 5 heteroatoms. The number of aryl methyl sites for hydroxylation is 1. The molecule has 0 aromatic carbocycles. The fourth-order valence-corrected chi connectivity index (χ4v) is 4.95. The fraction of sp³-hybridized carbons (Fsp3) is 0.200. The molecule has 0 aliphatic rings. The average Bonchev–Trinajstić information content (AvgIpc) is 3.13. The molecule has 0 aliphatic heterocycles. The quantitative estimate of drug-likeness (QED) is 0.627. The van der Waals surface area contributed by atoms with Crippen LogP contribution in [0.3, 0.4) is 0 Å². The maximum atomic E-state index is 6.08. The van der Waals surface area contributed by atoms with Crippen LogP contribution in [-0.4, -0.2) is 0 Å². The summed E-state index contributed by atoms with van der Waals surface area (Å²) in [5, 5.41) is 5.77. The van der Waals surface area contributed by atoms with E-state index in [2.05, 4.69) is 48.0 Å². The minimum Gasteiger partial charge on any atom is -0.300 e. The third-order valence-corrected chi connectivity index (χ3v) is 6.22. The van der Waals surface area contributed by atoms with Gasteiger partial charge in [-0.1, -0.05) is 17.7 Å². The summed E-state index contributed by atoms with van der Waals surface area (Å²) in [6.45, 7) is 3.03. The maximum Gasteiger partial charge on any atom is 0.0931 e. The first-order valence-electron chi connectivity index (χ1n) is 6.30. The van der Waals surface area contributed by atoms with Crippen LogP contribution in [0.4, 0.5) is 0 Å². The van der Waals surface area contributed by atoms with Crippen molar-refractivity contribution in [3.8, 4) is 0 Å². The van der Waals surface area contributed by atoms with E-state index >= 15 is 0 Å². The lowest BCUT2D eigenvalue weighted by Crippen LogP contribution is -2.19. The predicted molar refractivity (Wildman–Crippen MR) is 91.4 cm³/mol. The summed E-state index contributed by atoms with van der Waals surface area (Å²) in [6.07, 6.45) is 0. The summed E-state index contributed by atoms with van der Waals surface area (Å²) in [5.74, 6) is 0. The van der Waals surface area contributed by atoms with Crippen molar-refractivity contribution in [1.29, 1.82) is 0 Å². The zero-order chi connectivity index (χ0) is 13.9. The molecule has 3 aromatic heterocycles. The van der Waals surface area contributed by atoms with E-state index in [0.29, 0.717) is 0 Å². The fourth-order valence-electron chi connectivity index (χ4n) is 2.06. The summed E-state index contributed by atoms with van der Waals surface area (Å²) in [7, 11) is 0. The standard InChI is InChI=1S/C15H14ClNS3/c1-10-4-5-11(19-10)9-17-15(12-3-2-8-18-12)13-6-7-14(16)20-13/h2-8,15,17H,9H2,1H3. The Morgan fingerprint density at radius 1 is 1.10 bits per heavy atom. The lowest BCUT2D eigenvalue weighted by atomic mass is 10.2. The molecule has 3 heterocycles. The molecule has 3 rings (SSSR count). The summed E-state index contributed by atoms with van der Waals surface area (Å²) in [6, 6.07) is 13.0. The molecule has 0 saturated heterocycles. The molecule has 1 atom stereocenters. The number of thiophene rings is 3. The van der Waals surface area contributed by atoms with Gasteiger partial charge < -0.3 is 0 Å². The highest BCUT2D eigenvalue weighted by molar-refractivity contribution is 7.16. The zero-order valence-electron chi connectivity index (χ0n) is 10.9. The van der Waals surface area contributed by atoms with Gasteiger partial charge in [-0.25, -0.2) is 0 Å². The monoisotopic (exact) mass is 339 g/mol. The van der Waals surface area contributed by atoms with Crippen LogP contribution in [0, 0.1) is 6.92 Å². The molecule has 1 nitrogen and oxygen atoms in total. The Bertz CT molecular complexity index is 669. The lowest BCUT2D eigenvalue weighted by molar-refractivity contribution is 0.627. The van der Waals surface area contributed by atoms with Crippen LogP contribution >= 0.6 is 45.6 Å². The maximum absolute atomic E-state index is 6.08. The minimum absolute atomic E-state index is 0.231. The van der Waals surface area contributed by atoms with E-state index < -0.39 is 0 Å². The molecule has 0 amide bonds. The van der Waals surface area contributed by atoms with Crippen LogP contribution in [0.15, 0.2) is 41.8 Å². The zero-order valence-corrected chi connectivity index (χ0v) is 14.1. The van der Waals surface area contributed by atoms with E-state index in [9.17, 15) is 0 Å². The first kappa shape index (κ1) is 14.3. The normalized spacial score (nSPS) is 12.7. The molecule has 0 saturated carbocycles. The van der Waals surface area contributed by atoms with Crippen molar-refractivity contribution in [3.63, 3.8) is 0 Å². The van der Waals surface area contributed by atoms with Crippen LogP contribution in [0.1, 0.15) is 25.6 Å². The van der Waals surface area contributed by atoms with Gasteiger partial charge in [-0.05, 0) is 42.6 Å². The van der Waals surface area contributed by atoms with Crippen molar-refractivity contribution in [3.05, 3.63) is 65.6 Å². The minimum atomic E-state index is 0.231. The van der Waals surface area contributed by atoms with Gasteiger partial charge in [-0.2, -0.15) is 0 Å². The Kier molecular flexibility index (Phi) is 4.58. The highest BCUT2D eigenvalue weighted by Gasteiger charge is 2.17. The van der Waals surface area contributed by atoms with E-state index in [0.717, 1.165) is 10.9 Å². The van der Waals surface area contributed by atoms with Gasteiger partial charge in [0.05, 0.1) is 10.4 Å². The third-order valence-electron chi connectivity index (χ3n) is 2.98. The topological polar surface area (TPSA) is 12.0 Å². The van der Waals surface area contributed by atoms with Gasteiger partial charge in [0.25, 0.3) is 0 Å². The Balaban J connectivity index is 1.79. The number of hydrogen-bond donors (Lipinski definition) is 1. The van der Waals surface area contributed by atoms with Crippen LogP contribution < -0.4 is 5.32 Å². The van der Waals surface area contributed by atoms with Gasteiger partial charge >= 0.3 is 0 Å². The number of halogens is 1. The second-order valence-corrected chi connectivity index (χ2v) is 8.58. The Morgan fingerprint density at radius 2 is 2.00 bits per heavy atom. The van der Waals surface area contributed by atoms with Crippen molar-refractivity contribution in [2.24, 2.45) is 0 Å². The van der Waals surface area contributed by atoms with Crippen molar-refractivity contribution < 1.29 is 0 Å². The molecule has 104 valence electrons.